The highest BCUT2D eigenvalue weighted by Gasteiger charge is 2.33. The number of halogens is 1. The lowest BCUT2D eigenvalue weighted by Crippen LogP contribution is -2.25. The highest BCUT2D eigenvalue weighted by molar-refractivity contribution is 9.10. The van der Waals surface area contributed by atoms with E-state index in [-0.39, 0.29) is 12.1 Å². The van der Waals surface area contributed by atoms with Gasteiger partial charge in [-0.15, -0.1) is 0 Å². The van der Waals surface area contributed by atoms with E-state index in [1.807, 2.05) is 24.7 Å². The molecule has 2 aliphatic rings. The topological polar surface area (TPSA) is 53.1 Å². The van der Waals surface area contributed by atoms with Crippen molar-refractivity contribution >= 4 is 15.9 Å². The number of hydrogen-bond donors (Lipinski definition) is 1. The Labute approximate surface area is 126 Å². The second kappa shape index (κ2) is 4.60. The smallest absolute Gasteiger partial charge is 0.142 e. The maximum Gasteiger partial charge on any atom is 0.142 e. The number of ether oxygens (including phenoxy) is 1. The highest BCUT2D eigenvalue weighted by atomic mass is 79.9. The molecule has 4 nitrogen and oxygen atoms in total. The van der Waals surface area contributed by atoms with Crippen LogP contribution >= 0.6 is 15.9 Å². The van der Waals surface area contributed by atoms with Crippen LogP contribution in [-0.2, 0) is 0 Å². The van der Waals surface area contributed by atoms with Crippen molar-refractivity contribution in [3.8, 4) is 5.75 Å². The lowest BCUT2D eigenvalue weighted by Gasteiger charge is -2.31. The fraction of sp³-hybridized carbons (Fsp3) is 0.400. The summed E-state index contributed by atoms with van der Waals surface area (Å²) in [5.41, 5.74) is 8.55. The molecule has 1 aromatic carbocycles. The van der Waals surface area contributed by atoms with E-state index in [0.717, 1.165) is 27.9 Å². The predicted molar refractivity (Wildman–Crippen MR) is 79.6 cm³/mol. The van der Waals surface area contributed by atoms with Crippen LogP contribution in [0.15, 0.2) is 35.2 Å². The van der Waals surface area contributed by atoms with Crippen LogP contribution < -0.4 is 10.5 Å². The number of fused-ring (bicyclic) bond motifs is 1. The minimum Gasteiger partial charge on any atom is -0.484 e. The van der Waals surface area contributed by atoms with E-state index < -0.39 is 0 Å². The summed E-state index contributed by atoms with van der Waals surface area (Å²) < 4.78 is 9.45. The van der Waals surface area contributed by atoms with E-state index >= 15 is 0 Å². The molecule has 0 amide bonds. The molecular weight excluding hydrogens is 318 g/mol. The molecule has 1 aromatic heterocycles. The molecule has 4 rings (SSSR count). The number of nitrogens with zero attached hydrogens (tertiary/aromatic N) is 2. The van der Waals surface area contributed by atoms with Gasteiger partial charge in [-0.25, -0.2) is 4.98 Å². The first-order valence-corrected chi connectivity index (χ1v) is 7.75. The highest BCUT2D eigenvalue weighted by Crippen LogP contribution is 2.43. The summed E-state index contributed by atoms with van der Waals surface area (Å²) >= 11 is 3.49. The van der Waals surface area contributed by atoms with Gasteiger partial charge in [-0.3, -0.25) is 0 Å². The van der Waals surface area contributed by atoms with Gasteiger partial charge in [-0.1, -0.05) is 15.9 Å². The molecule has 2 N–H and O–H groups in total. The normalized spacial score (nSPS) is 25.1. The van der Waals surface area contributed by atoms with E-state index in [1.54, 1.807) is 0 Å². The van der Waals surface area contributed by atoms with Crippen molar-refractivity contribution in [2.45, 2.75) is 37.5 Å². The van der Waals surface area contributed by atoms with Crippen molar-refractivity contribution in [2.75, 3.05) is 0 Å². The molecule has 5 heteroatoms. The van der Waals surface area contributed by atoms with Crippen molar-refractivity contribution in [1.82, 2.24) is 9.55 Å². The van der Waals surface area contributed by atoms with Crippen LogP contribution in [0.1, 0.15) is 48.7 Å². The standard InChI is InChI=1S/C15H16BrN3O/c16-9-1-4-14-11(5-9)12(17)6-15(20-14)13-7-18-8-19(13)10-2-3-10/h1,4-5,7-8,10,12,15H,2-3,6,17H2/t12-,15?/m1/s1. The molecule has 1 aliphatic heterocycles. The fourth-order valence-electron chi connectivity index (χ4n) is 2.88. The molecule has 1 saturated carbocycles. The van der Waals surface area contributed by atoms with Crippen LogP contribution in [0.2, 0.25) is 0 Å². The fourth-order valence-corrected chi connectivity index (χ4v) is 3.26. The third-order valence-corrected chi connectivity index (χ3v) is 4.57. The van der Waals surface area contributed by atoms with Crippen LogP contribution in [-0.4, -0.2) is 9.55 Å². The summed E-state index contributed by atoms with van der Waals surface area (Å²) in [7, 11) is 0. The van der Waals surface area contributed by atoms with Gasteiger partial charge >= 0.3 is 0 Å². The minimum atomic E-state index is 0.00164. The van der Waals surface area contributed by atoms with Crippen molar-refractivity contribution in [2.24, 2.45) is 5.73 Å². The van der Waals surface area contributed by atoms with Gasteiger partial charge in [-0.2, -0.15) is 0 Å². The van der Waals surface area contributed by atoms with Crippen molar-refractivity contribution in [3.63, 3.8) is 0 Å². The lowest BCUT2D eigenvalue weighted by atomic mass is 9.96. The Bertz CT molecular complexity index is 650. The van der Waals surface area contributed by atoms with E-state index in [0.29, 0.717) is 6.04 Å². The molecule has 0 saturated heterocycles. The molecule has 2 atom stereocenters. The molecule has 2 aromatic rings. The molecule has 0 bridgehead atoms. The summed E-state index contributed by atoms with van der Waals surface area (Å²) in [6.07, 6.45) is 7.11. The maximum atomic E-state index is 6.32. The third-order valence-electron chi connectivity index (χ3n) is 4.07. The zero-order chi connectivity index (χ0) is 13.7. The Balaban J connectivity index is 1.68. The van der Waals surface area contributed by atoms with Crippen LogP contribution in [0.25, 0.3) is 0 Å². The van der Waals surface area contributed by atoms with Gasteiger partial charge < -0.3 is 15.0 Å². The maximum absolute atomic E-state index is 6.32. The Morgan fingerprint density at radius 2 is 2.20 bits per heavy atom. The van der Waals surface area contributed by atoms with Gasteiger partial charge in [0.2, 0.25) is 0 Å². The van der Waals surface area contributed by atoms with Crippen LogP contribution in [0.3, 0.4) is 0 Å². The zero-order valence-corrected chi connectivity index (χ0v) is 12.6. The second-order valence-electron chi connectivity index (χ2n) is 5.59. The number of nitrogens with two attached hydrogens (primary N) is 1. The largest absolute Gasteiger partial charge is 0.484 e. The Hall–Kier alpha value is -1.33. The molecule has 1 fully saturated rings. The van der Waals surface area contributed by atoms with Crippen molar-refractivity contribution in [3.05, 3.63) is 46.5 Å². The van der Waals surface area contributed by atoms with E-state index in [2.05, 4.69) is 31.5 Å². The van der Waals surface area contributed by atoms with Gasteiger partial charge in [-0.05, 0) is 31.0 Å². The number of imidazole rings is 1. The summed E-state index contributed by atoms with van der Waals surface area (Å²) in [5, 5.41) is 0. The Kier molecular flexibility index (Phi) is 2.86. The van der Waals surface area contributed by atoms with E-state index in [9.17, 15) is 0 Å². The Morgan fingerprint density at radius 3 is 3.00 bits per heavy atom. The van der Waals surface area contributed by atoms with Crippen LogP contribution in [0.5, 0.6) is 5.75 Å². The summed E-state index contributed by atoms with van der Waals surface area (Å²) in [5.74, 6) is 0.889. The van der Waals surface area contributed by atoms with Gasteiger partial charge in [0.25, 0.3) is 0 Å². The predicted octanol–water partition coefficient (Wildman–Crippen LogP) is 3.50. The van der Waals surface area contributed by atoms with E-state index in [4.69, 9.17) is 10.5 Å². The van der Waals surface area contributed by atoms with Crippen molar-refractivity contribution < 1.29 is 4.74 Å². The first-order chi connectivity index (χ1) is 9.72. The quantitative estimate of drug-likeness (QED) is 0.914. The molecule has 2 heterocycles. The monoisotopic (exact) mass is 333 g/mol. The minimum absolute atomic E-state index is 0.00164. The third kappa shape index (κ3) is 2.05. The average molecular weight is 334 g/mol. The molecule has 20 heavy (non-hydrogen) atoms. The van der Waals surface area contributed by atoms with Crippen LogP contribution in [0.4, 0.5) is 0 Å². The number of rotatable bonds is 2. The SMILES string of the molecule is N[C@@H]1CC(c2cncn2C2CC2)Oc2ccc(Br)cc21. The summed E-state index contributed by atoms with van der Waals surface area (Å²) in [4.78, 5) is 4.29. The number of benzene rings is 1. The first-order valence-electron chi connectivity index (χ1n) is 6.96. The molecule has 104 valence electrons. The molecule has 0 spiro atoms. The number of hydrogen-bond acceptors (Lipinski definition) is 3. The van der Waals surface area contributed by atoms with Crippen molar-refractivity contribution in [1.29, 1.82) is 0 Å². The lowest BCUT2D eigenvalue weighted by molar-refractivity contribution is 0.153. The summed E-state index contributed by atoms with van der Waals surface area (Å²) in [6, 6.07) is 6.64. The Morgan fingerprint density at radius 1 is 1.35 bits per heavy atom. The zero-order valence-electron chi connectivity index (χ0n) is 11.0. The second-order valence-corrected chi connectivity index (χ2v) is 6.50. The molecular formula is C15H16BrN3O. The van der Waals surface area contributed by atoms with Gasteiger partial charge in [0.15, 0.2) is 0 Å². The van der Waals surface area contributed by atoms with Gasteiger partial charge in [0.1, 0.15) is 11.9 Å². The first kappa shape index (κ1) is 12.4. The molecule has 1 unspecified atom stereocenters. The van der Waals surface area contributed by atoms with Gasteiger partial charge in [0, 0.05) is 28.5 Å². The number of aromatic nitrogens is 2. The average Bonchev–Trinajstić information content (AvgIpc) is 3.17. The van der Waals surface area contributed by atoms with E-state index in [1.165, 1.54) is 12.8 Å². The molecule has 1 aliphatic carbocycles. The summed E-state index contributed by atoms with van der Waals surface area (Å²) in [6.45, 7) is 0. The van der Waals surface area contributed by atoms with Crippen LogP contribution in [0, 0.1) is 0 Å². The van der Waals surface area contributed by atoms with Gasteiger partial charge in [0.05, 0.1) is 18.2 Å². The molecule has 0 radical (unpaired) electrons.